The molecule has 0 spiro atoms. The standard InChI is InChI=1S/C17H14FN3O/c18-15-6-8-16(9-7-15)20-17(22)14-4-2-13(3-5-14)12-21-11-1-10-19-21/h1-11H,12H2,(H,20,22). The van der Waals surface area contributed by atoms with Crippen molar-refractivity contribution in [1.29, 1.82) is 0 Å². The molecule has 2 aromatic carbocycles. The number of hydrogen-bond acceptors (Lipinski definition) is 2. The van der Waals surface area contributed by atoms with E-state index in [0.29, 0.717) is 17.8 Å². The molecule has 0 fully saturated rings. The Morgan fingerprint density at radius 3 is 2.45 bits per heavy atom. The molecule has 0 saturated carbocycles. The van der Waals surface area contributed by atoms with Gasteiger partial charge in [-0.25, -0.2) is 4.39 Å². The van der Waals surface area contributed by atoms with E-state index in [1.54, 1.807) is 18.3 Å². The summed E-state index contributed by atoms with van der Waals surface area (Å²) in [5.74, 6) is -0.557. The molecule has 22 heavy (non-hydrogen) atoms. The van der Waals surface area contributed by atoms with E-state index < -0.39 is 0 Å². The third kappa shape index (κ3) is 3.38. The first-order valence-corrected chi connectivity index (χ1v) is 6.84. The van der Waals surface area contributed by atoms with Crippen molar-refractivity contribution in [3.8, 4) is 0 Å². The van der Waals surface area contributed by atoms with Crippen molar-refractivity contribution in [2.45, 2.75) is 6.54 Å². The smallest absolute Gasteiger partial charge is 0.255 e. The third-order valence-electron chi connectivity index (χ3n) is 3.22. The van der Waals surface area contributed by atoms with Crippen LogP contribution in [0.25, 0.3) is 0 Å². The molecule has 0 aliphatic heterocycles. The van der Waals surface area contributed by atoms with Gasteiger partial charge in [0.1, 0.15) is 5.82 Å². The van der Waals surface area contributed by atoms with E-state index in [-0.39, 0.29) is 11.7 Å². The molecule has 5 heteroatoms. The number of carbonyl (C=O) groups excluding carboxylic acids is 1. The van der Waals surface area contributed by atoms with Gasteiger partial charge in [-0.05, 0) is 48.0 Å². The van der Waals surface area contributed by atoms with Gasteiger partial charge in [-0.1, -0.05) is 12.1 Å². The minimum absolute atomic E-state index is 0.225. The Hall–Kier alpha value is -2.95. The Morgan fingerprint density at radius 1 is 1.09 bits per heavy atom. The Bertz CT molecular complexity index is 750. The second-order valence-electron chi connectivity index (χ2n) is 4.86. The summed E-state index contributed by atoms with van der Waals surface area (Å²) in [5, 5.41) is 6.87. The lowest BCUT2D eigenvalue weighted by atomic mass is 10.1. The molecule has 1 aromatic heterocycles. The fraction of sp³-hybridized carbons (Fsp3) is 0.0588. The summed E-state index contributed by atoms with van der Waals surface area (Å²) >= 11 is 0. The molecular formula is C17H14FN3O. The van der Waals surface area contributed by atoms with Crippen LogP contribution in [0.2, 0.25) is 0 Å². The van der Waals surface area contributed by atoms with Gasteiger partial charge >= 0.3 is 0 Å². The van der Waals surface area contributed by atoms with E-state index >= 15 is 0 Å². The van der Waals surface area contributed by atoms with Crippen molar-refractivity contribution in [2.75, 3.05) is 5.32 Å². The molecule has 0 aliphatic carbocycles. The Morgan fingerprint density at radius 2 is 1.82 bits per heavy atom. The van der Waals surface area contributed by atoms with E-state index in [2.05, 4.69) is 10.4 Å². The molecule has 3 rings (SSSR count). The van der Waals surface area contributed by atoms with Gasteiger partial charge in [-0.3, -0.25) is 9.48 Å². The van der Waals surface area contributed by atoms with Crippen molar-refractivity contribution in [3.63, 3.8) is 0 Å². The fourth-order valence-electron chi connectivity index (χ4n) is 2.08. The van der Waals surface area contributed by atoms with E-state index in [1.165, 1.54) is 24.3 Å². The summed E-state index contributed by atoms with van der Waals surface area (Å²) in [6, 6.07) is 14.8. The highest BCUT2D eigenvalue weighted by molar-refractivity contribution is 6.04. The molecule has 0 aliphatic rings. The second kappa shape index (κ2) is 6.22. The molecule has 1 amide bonds. The maximum atomic E-state index is 12.8. The van der Waals surface area contributed by atoms with Crippen LogP contribution in [0.1, 0.15) is 15.9 Å². The maximum absolute atomic E-state index is 12.8. The van der Waals surface area contributed by atoms with Gasteiger partial charge in [0, 0.05) is 23.6 Å². The summed E-state index contributed by atoms with van der Waals surface area (Å²) in [7, 11) is 0. The Balaban J connectivity index is 1.66. The number of nitrogens with one attached hydrogen (secondary N) is 1. The first-order chi connectivity index (χ1) is 10.7. The molecule has 0 saturated heterocycles. The summed E-state index contributed by atoms with van der Waals surface area (Å²) in [5.41, 5.74) is 2.17. The van der Waals surface area contributed by atoms with Crippen LogP contribution in [-0.2, 0) is 6.54 Å². The van der Waals surface area contributed by atoms with Gasteiger partial charge < -0.3 is 5.32 Å². The summed E-state index contributed by atoms with van der Waals surface area (Å²) < 4.78 is 14.6. The van der Waals surface area contributed by atoms with Crippen LogP contribution >= 0.6 is 0 Å². The zero-order valence-electron chi connectivity index (χ0n) is 11.7. The van der Waals surface area contributed by atoms with E-state index in [9.17, 15) is 9.18 Å². The van der Waals surface area contributed by atoms with Crippen molar-refractivity contribution < 1.29 is 9.18 Å². The number of rotatable bonds is 4. The molecular weight excluding hydrogens is 281 g/mol. The first-order valence-electron chi connectivity index (χ1n) is 6.84. The molecule has 3 aromatic rings. The lowest BCUT2D eigenvalue weighted by Crippen LogP contribution is -2.12. The molecule has 0 atom stereocenters. The van der Waals surface area contributed by atoms with Crippen molar-refractivity contribution >= 4 is 11.6 Å². The molecule has 1 heterocycles. The third-order valence-corrected chi connectivity index (χ3v) is 3.22. The number of amides is 1. The maximum Gasteiger partial charge on any atom is 0.255 e. The van der Waals surface area contributed by atoms with E-state index in [0.717, 1.165) is 5.56 Å². The van der Waals surface area contributed by atoms with Gasteiger partial charge in [0.2, 0.25) is 0 Å². The number of carbonyl (C=O) groups is 1. The normalized spacial score (nSPS) is 10.4. The van der Waals surface area contributed by atoms with Crippen LogP contribution in [0.5, 0.6) is 0 Å². The van der Waals surface area contributed by atoms with Crippen LogP contribution in [0.4, 0.5) is 10.1 Å². The number of nitrogens with zero attached hydrogens (tertiary/aromatic N) is 2. The summed E-state index contributed by atoms with van der Waals surface area (Å²) in [6.07, 6.45) is 3.61. The topological polar surface area (TPSA) is 46.9 Å². The van der Waals surface area contributed by atoms with Crippen LogP contribution in [0.15, 0.2) is 67.0 Å². The zero-order chi connectivity index (χ0) is 15.4. The highest BCUT2D eigenvalue weighted by Gasteiger charge is 2.06. The molecule has 110 valence electrons. The minimum Gasteiger partial charge on any atom is -0.322 e. The van der Waals surface area contributed by atoms with Gasteiger partial charge in [0.05, 0.1) is 6.54 Å². The van der Waals surface area contributed by atoms with Crippen molar-refractivity contribution in [1.82, 2.24) is 9.78 Å². The number of benzene rings is 2. The number of aromatic nitrogens is 2. The quantitative estimate of drug-likeness (QED) is 0.802. The first kappa shape index (κ1) is 14.0. The largest absolute Gasteiger partial charge is 0.322 e. The van der Waals surface area contributed by atoms with Gasteiger partial charge in [-0.15, -0.1) is 0 Å². The molecule has 0 bridgehead atoms. The summed E-state index contributed by atoms with van der Waals surface area (Å²) in [6.45, 7) is 0.660. The molecule has 4 nitrogen and oxygen atoms in total. The second-order valence-corrected chi connectivity index (χ2v) is 4.86. The zero-order valence-corrected chi connectivity index (χ0v) is 11.7. The lowest BCUT2D eigenvalue weighted by Gasteiger charge is -2.06. The fourth-order valence-corrected chi connectivity index (χ4v) is 2.08. The number of anilines is 1. The van der Waals surface area contributed by atoms with Crippen LogP contribution in [0.3, 0.4) is 0 Å². The average Bonchev–Trinajstić information content (AvgIpc) is 3.03. The Kier molecular flexibility index (Phi) is 3.96. The average molecular weight is 295 g/mol. The lowest BCUT2D eigenvalue weighted by molar-refractivity contribution is 0.102. The van der Waals surface area contributed by atoms with Crippen molar-refractivity contribution in [3.05, 3.63) is 83.9 Å². The molecule has 1 N–H and O–H groups in total. The highest BCUT2D eigenvalue weighted by Crippen LogP contribution is 2.12. The van der Waals surface area contributed by atoms with Gasteiger partial charge in [-0.2, -0.15) is 5.10 Å². The van der Waals surface area contributed by atoms with Gasteiger partial charge in [0.25, 0.3) is 5.91 Å². The predicted molar refractivity (Wildman–Crippen MR) is 82.1 cm³/mol. The number of hydrogen-bond donors (Lipinski definition) is 1. The highest BCUT2D eigenvalue weighted by atomic mass is 19.1. The number of halogens is 1. The van der Waals surface area contributed by atoms with Crippen LogP contribution in [0, 0.1) is 5.82 Å². The Labute approximate surface area is 127 Å². The van der Waals surface area contributed by atoms with Crippen molar-refractivity contribution in [2.24, 2.45) is 0 Å². The van der Waals surface area contributed by atoms with Crippen LogP contribution in [-0.4, -0.2) is 15.7 Å². The van der Waals surface area contributed by atoms with Gasteiger partial charge in [0.15, 0.2) is 0 Å². The van der Waals surface area contributed by atoms with E-state index in [1.807, 2.05) is 29.1 Å². The van der Waals surface area contributed by atoms with Crippen LogP contribution < -0.4 is 5.32 Å². The monoisotopic (exact) mass is 295 g/mol. The molecule has 0 unspecified atom stereocenters. The molecule has 0 radical (unpaired) electrons. The predicted octanol–water partition coefficient (Wildman–Crippen LogP) is 3.32. The minimum atomic E-state index is -0.332. The van der Waals surface area contributed by atoms with E-state index in [4.69, 9.17) is 0 Å². The summed E-state index contributed by atoms with van der Waals surface area (Å²) in [4.78, 5) is 12.1. The SMILES string of the molecule is O=C(Nc1ccc(F)cc1)c1ccc(Cn2cccn2)cc1.